The highest BCUT2D eigenvalue weighted by Gasteiger charge is 2.42. The van der Waals surface area contributed by atoms with Crippen LogP contribution in [0.15, 0.2) is 12.2 Å². The van der Waals surface area contributed by atoms with Crippen LogP contribution in [-0.4, -0.2) is 28.4 Å². The van der Waals surface area contributed by atoms with Crippen molar-refractivity contribution in [2.24, 2.45) is 5.73 Å². The van der Waals surface area contributed by atoms with Crippen LogP contribution in [0.5, 0.6) is 0 Å². The lowest BCUT2D eigenvalue weighted by Crippen LogP contribution is -2.57. The fraction of sp³-hybridized carbons (Fsp3) is 0.167. The number of primary amides is 1. The maximum atomic E-state index is 10.8. The summed E-state index contributed by atoms with van der Waals surface area (Å²) in [5.74, 6) is -3.03. The summed E-state index contributed by atoms with van der Waals surface area (Å²) in [6, 6.07) is 0. The van der Waals surface area contributed by atoms with Gasteiger partial charge in [0.25, 0.3) is 11.8 Å². The molecule has 1 heterocycles. The fourth-order valence-corrected chi connectivity index (χ4v) is 0.715. The lowest BCUT2D eigenvalue weighted by atomic mass is 9.99. The van der Waals surface area contributed by atoms with Crippen LogP contribution < -0.4 is 11.1 Å². The van der Waals surface area contributed by atoms with Crippen LogP contribution in [0, 0.1) is 0 Å². The zero-order valence-corrected chi connectivity index (χ0v) is 5.90. The molecule has 64 valence electrons. The van der Waals surface area contributed by atoms with Crippen LogP contribution in [0.25, 0.3) is 0 Å². The molecular weight excluding hydrogens is 164 g/mol. The maximum Gasteiger partial charge on any atom is 0.272 e. The van der Waals surface area contributed by atoms with Gasteiger partial charge in [0, 0.05) is 6.08 Å². The number of imide groups is 1. The number of amides is 3. The number of nitrogens with two attached hydrogens (primary N) is 1. The average molecular weight is 170 g/mol. The largest absolute Gasteiger partial charge is 0.369 e. The van der Waals surface area contributed by atoms with E-state index in [4.69, 9.17) is 5.73 Å². The van der Waals surface area contributed by atoms with E-state index in [9.17, 15) is 19.5 Å². The highest BCUT2D eigenvalue weighted by molar-refractivity contribution is 6.18. The van der Waals surface area contributed by atoms with E-state index in [-0.39, 0.29) is 0 Å². The van der Waals surface area contributed by atoms with Crippen LogP contribution in [0.4, 0.5) is 0 Å². The summed E-state index contributed by atoms with van der Waals surface area (Å²) in [7, 11) is 0. The topological polar surface area (TPSA) is 109 Å². The van der Waals surface area contributed by atoms with Gasteiger partial charge in [-0.15, -0.1) is 0 Å². The van der Waals surface area contributed by atoms with Gasteiger partial charge >= 0.3 is 0 Å². The number of aliphatic hydroxyl groups is 1. The summed E-state index contributed by atoms with van der Waals surface area (Å²) in [6.07, 6.45) is 1.63. The van der Waals surface area contributed by atoms with Gasteiger partial charge in [0.05, 0.1) is 0 Å². The first kappa shape index (κ1) is 8.41. The molecule has 6 heteroatoms. The van der Waals surface area contributed by atoms with Crippen molar-refractivity contribution in [3.63, 3.8) is 0 Å². The Morgan fingerprint density at radius 1 is 1.58 bits per heavy atom. The molecule has 0 aromatic carbocycles. The van der Waals surface area contributed by atoms with E-state index in [2.05, 4.69) is 0 Å². The molecule has 4 N–H and O–H groups in total. The van der Waals surface area contributed by atoms with Crippen molar-refractivity contribution in [3.8, 4) is 0 Å². The highest BCUT2D eigenvalue weighted by atomic mass is 16.3. The van der Waals surface area contributed by atoms with E-state index < -0.39 is 23.3 Å². The van der Waals surface area contributed by atoms with E-state index >= 15 is 0 Å². The monoisotopic (exact) mass is 170 g/mol. The minimum absolute atomic E-state index is 0.689. The Kier molecular flexibility index (Phi) is 1.69. The second-order valence-corrected chi connectivity index (χ2v) is 2.28. The van der Waals surface area contributed by atoms with Crippen LogP contribution >= 0.6 is 0 Å². The van der Waals surface area contributed by atoms with Crippen LogP contribution in [-0.2, 0) is 14.4 Å². The summed E-state index contributed by atoms with van der Waals surface area (Å²) >= 11 is 0. The molecule has 0 saturated carbocycles. The van der Waals surface area contributed by atoms with E-state index in [0.29, 0.717) is 0 Å². The van der Waals surface area contributed by atoms with Crippen LogP contribution in [0.3, 0.4) is 0 Å². The van der Waals surface area contributed by atoms with E-state index in [0.717, 1.165) is 12.2 Å². The van der Waals surface area contributed by atoms with Gasteiger partial charge in [-0.2, -0.15) is 0 Å². The van der Waals surface area contributed by atoms with Crippen LogP contribution in [0.2, 0.25) is 0 Å². The molecule has 1 aliphatic heterocycles. The molecule has 0 unspecified atom stereocenters. The number of carbonyl (C=O) groups excluding carboxylic acids is 3. The summed E-state index contributed by atoms with van der Waals surface area (Å²) in [6.45, 7) is 0. The molecule has 0 aromatic rings. The number of hydrogen-bond donors (Lipinski definition) is 3. The third-order valence-corrected chi connectivity index (χ3v) is 1.43. The van der Waals surface area contributed by atoms with Gasteiger partial charge in [-0.1, -0.05) is 0 Å². The third-order valence-electron chi connectivity index (χ3n) is 1.43. The van der Waals surface area contributed by atoms with Crippen molar-refractivity contribution in [2.75, 3.05) is 0 Å². The van der Waals surface area contributed by atoms with Gasteiger partial charge in [0.1, 0.15) is 0 Å². The molecule has 0 aromatic heterocycles. The molecule has 1 rings (SSSR count). The van der Waals surface area contributed by atoms with E-state index in [1.54, 1.807) is 5.32 Å². The number of carbonyl (C=O) groups is 3. The summed E-state index contributed by atoms with van der Waals surface area (Å²) < 4.78 is 0. The normalized spacial score (nSPS) is 28.4. The molecule has 0 bridgehead atoms. The van der Waals surface area contributed by atoms with Crippen molar-refractivity contribution in [3.05, 3.63) is 12.2 Å². The lowest BCUT2D eigenvalue weighted by molar-refractivity contribution is -0.148. The average Bonchev–Trinajstić information content (AvgIpc) is 1.97. The molecule has 0 spiro atoms. The van der Waals surface area contributed by atoms with Gasteiger partial charge in [-0.25, -0.2) is 0 Å². The second-order valence-electron chi connectivity index (χ2n) is 2.28. The number of nitrogens with one attached hydrogen (secondary N) is 1. The maximum absolute atomic E-state index is 10.8. The Morgan fingerprint density at radius 3 is 2.58 bits per heavy atom. The van der Waals surface area contributed by atoms with Gasteiger partial charge in [0.15, 0.2) is 0 Å². The predicted molar refractivity (Wildman–Crippen MR) is 36.4 cm³/mol. The molecule has 1 atom stereocenters. The Bertz CT molecular complexity index is 296. The van der Waals surface area contributed by atoms with Gasteiger partial charge in [-0.3, -0.25) is 19.7 Å². The Labute approximate surface area is 67.0 Å². The standard InChI is InChI=1S/C6H6N2O4/c7-4(10)6(12)2-1-3(9)8-5(6)11/h1-2,12H,(H2,7,10)(H,8,9,11)/t6-/m0/s1. The molecule has 6 nitrogen and oxygen atoms in total. The molecule has 0 saturated heterocycles. The third kappa shape index (κ3) is 1.08. The number of rotatable bonds is 1. The van der Waals surface area contributed by atoms with Crippen molar-refractivity contribution < 1.29 is 19.5 Å². The molecule has 3 amide bonds. The second kappa shape index (κ2) is 2.42. The van der Waals surface area contributed by atoms with Gasteiger partial charge < -0.3 is 10.8 Å². The van der Waals surface area contributed by atoms with Crippen molar-refractivity contribution in [1.29, 1.82) is 0 Å². The quantitative estimate of drug-likeness (QED) is 0.296. The molecule has 0 fully saturated rings. The highest BCUT2D eigenvalue weighted by Crippen LogP contribution is 2.09. The molecule has 0 aliphatic carbocycles. The Balaban J connectivity index is 3.07. The smallest absolute Gasteiger partial charge is 0.272 e. The summed E-state index contributed by atoms with van der Waals surface area (Å²) in [4.78, 5) is 31.9. The lowest BCUT2D eigenvalue weighted by Gasteiger charge is -2.21. The van der Waals surface area contributed by atoms with Crippen molar-refractivity contribution >= 4 is 17.7 Å². The molecule has 12 heavy (non-hydrogen) atoms. The SMILES string of the molecule is NC(=O)[C@@]1(O)C=CC(=O)NC1=O. The Hall–Kier alpha value is -1.69. The molecule has 0 radical (unpaired) electrons. The molecular formula is C6H6N2O4. The van der Waals surface area contributed by atoms with E-state index in [1.807, 2.05) is 0 Å². The minimum Gasteiger partial charge on any atom is -0.369 e. The first-order valence-electron chi connectivity index (χ1n) is 3.04. The zero-order valence-electron chi connectivity index (χ0n) is 5.90. The Morgan fingerprint density at radius 2 is 2.17 bits per heavy atom. The predicted octanol–water partition coefficient (Wildman–Crippen LogP) is -2.58. The van der Waals surface area contributed by atoms with Crippen LogP contribution in [0.1, 0.15) is 0 Å². The zero-order chi connectivity index (χ0) is 9.35. The fourth-order valence-electron chi connectivity index (χ4n) is 0.715. The summed E-state index contributed by atoms with van der Waals surface area (Å²) in [5.41, 5.74) is 2.33. The van der Waals surface area contributed by atoms with Gasteiger partial charge in [0.2, 0.25) is 11.5 Å². The van der Waals surface area contributed by atoms with E-state index in [1.165, 1.54) is 0 Å². The van der Waals surface area contributed by atoms with Gasteiger partial charge in [-0.05, 0) is 6.08 Å². The molecule has 1 aliphatic rings. The minimum atomic E-state index is -2.39. The number of hydrogen-bond acceptors (Lipinski definition) is 4. The van der Waals surface area contributed by atoms with Crippen molar-refractivity contribution in [2.45, 2.75) is 5.60 Å². The first-order valence-corrected chi connectivity index (χ1v) is 3.04. The summed E-state index contributed by atoms with van der Waals surface area (Å²) in [5, 5.41) is 10.9. The first-order chi connectivity index (χ1) is 5.47. The van der Waals surface area contributed by atoms with Crippen molar-refractivity contribution in [1.82, 2.24) is 5.32 Å².